The monoisotopic (exact) mass is 360 g/mol. The number of ketones is 1. The van der Waals surface area contributed by atoms with Crippen LogP contribution in [-0.2, 0) is 16.0 Å². The molecule has 0 fully saturated rings. The molecule has 1 aromatic rings. The number of halogens is 3. The first-order valence-corrected chi connectivity index (χ1v) is 7.22. The van der Waals surface area contributed by atoms with Gasteiger partial charge in [0.15, 0.2) is 11.2 Å². The molecule has 0 saturated carbocycles. The highest BCUT2D eigenvalue weighted by Gasteiger charge is 2.60. The fourth-order valence-electron chi connectivity index (χ4n) is 2.33. The molecule has 0 heterocycles. The molecule has 0 aliphatic heterocycles. The van der Waals surface area contributed by atoms with Crippen LogP contribution in [0.4, 0.5) is 8.78 Å². The van der Waals surface area contributed by atoms with Crippen LogP contribution in [-0.4, -0.2) is 23.8 Å². The zero-order valence-electron chi connectivity index (χ0n) is 11.9. The van der Waals surface area contributed by atoms with Crippen molar-refractivity contribution >= 4 is 27.7 Å². The number of rotatable bonds is 2. The van der Waals surface area contributed by atoms with Gasteiger partial charge < -0.3 is 4.74 Å². The molecule has 1 unspecified atom stereocenters. The Kier molecular flexibility index (Phi) is 3.95. The van der Waals surface area contributed by atoms with Gasteiger partial charge in [0.2, 0.25) is 0 Å². The van der Waals surface area contributed by atoms with Crippen LogP contribution in [0.25, 0.3) is 0 Å². The predicted octanol–water partition coefficient (Wildman–Crippen LogP) is 3.78. The molecule has 2 rings (SSSR count). The van der Waals surface area contributed by atoms with E-state index in [9.17, 15) is 18.4 Å². The fourth-order valence-corrected chi connectivity index (χ4v) is 2.70. The molecule has 21 heavy (non-hydrogen) atoms. The third-order valence-electron chi connectivity index (χ3n) is 3.33. The largest absolute Gasteiger partial charge is 0.459 e. The second-order valence-electron chi connectivity index (χ2n) is 6.08. The smallest absolute Gasteiger partial charge is 0.326 e. The third-order valence-corrected chi connectivity index (χ3v) is 3.82. The third kappa shape index (κ3) is 2.73. The summed E-state index contributed by atoms with van der Waals surface area (Å²) in [5, 5.41) is 0. The van der Waals surface area contributed by atoms with Gasteiger partial charge in [0.05, 0.1) is 0 Å². The number of carbonyl (C=O) groups excluding carboxylic acids is 2. The summed E-state index contributed by atoms with van der Waals surface area (Å²) >= 11 is 3.20. The summed E-state index contributed by atoms with van der Waals surface area (Å²) < 4.78 is 32.9. The maximum absolute atomic E-state index is 13.6. The number of alkyl halides is 2. The summed E-state index contributed by atoms with van der Waals surface area (Å²) in [7, 11) is 0. The van der Waals surface area contributed by atoms with Crippen molar-refractivity contribution < 1.29 is 23.1 Å². The first-order chi connectivity index (χ1) is 9.58. The van der Waals surface area contributed by atoms with Crippen molar-refractivity contribution in [2.24, 2.45) is 5.41 Å². The van der Waals surface area contributed by atoms with Crippen molar-refractivity contribution in [1.29, 1.82) is 0 Å². The van der Waals surface area contributed by atoms with Crippen LogP contribution >= 0.6 is 15.9 Å². The molecule has 1 aliphatic rings. The summed E-state index contributed by atoms with van der Waals surface area (Å²) in [5.74, 6) is -2.04. The van der Waals surface area contributed by atoms with Gasteiger partial charge in [0.25, 0.3) is 6.43 Å². The minimum atomic E-state index is -3.12. The zero-order valence-corrected chi connectivity index (χ0v) is 13.5. The molecule has 0 N–H and O–H groups in total. The zero-order chi connectivity index (χ0) is 16.0. The highest BCUT2D eigenvalue weighted by molar-refractivity contribution is 9.10. The molecular weight excluding hydrogens is 346 g/mol. The maximum atomic E-state index is 13.6. The van der Waals surface area contributed by atoms with Crippen LogP contribution in [0.3, 0.4) is 0 Å². The molecule has 1 aromatic carbocycles. The molecule has 0 amide bonds. The van der Waals surface area contributed by atoms with Crippen LogP contribution in [0.1, 0.15) is 36.7 Å². The minimum absolute atomic E-state index is 0.149. The van der Waals surface area contributed by atoms with Gasteiger partial charge in [-0.25, -0.2) is 8.78 Å². The van der Waals surface area contributed by atoms with E-state index < -0.39 is 29.2 Å². The Morgan fingerprint density at radius 3 is 2.52 bits per heavy atom. The minimum Gasteiger partial charge on any atom is -0.459 e. The first kappa shape index (κ1) is 16.1. The highest BCUT2D eigenvalue weighted by atomic mass is 79.9. The van der Waals surface area contributed by atoms with E-state index >= 15 is 0 Å². The van der Waals surface area contributed by atoms with Gasteiger partial charge in [-0.3, -0.25) is 9.59 Å². The molecule has 6 heteroatoms. The number of hydrogen-bond acceptors (Lipinski definition) is 3. The molecule has 3 nitrogen and oxygen atoms in total. The van der Waals surface area contributed by atoms with Crippen molar-refractivity contribution in [3.63, 3.8) is 0 Å². The van der Waals surface area contributed by atoms with Gasteiger partial charge >= 0.3 is 5.97 Å². The Labute approximate surface area is 129 Å². The van der Waals surface area contributed by atoms with Gasteiger partial charge in [-0.2, -0.15) is 0 Å². The molecule has 1 aliphatic carbocycles. The van der Waals surface area contributed by atoms with E-state index in [1.807, 2.05) is 0 Å². The molecule has 114 valence electrons. The van der Waals surface area contributed by atoms with E-state index in [0.29, 0.717) is 10.0 Å². The second kappa shape index (κ2) is 5.16. The van der Waals surface area contributed by atoms with Crippen LogP contribution in [0.5, 0.6) is 0 Å². The van der Waals surface area contributed by atoms with Gasteiger partial charge in [0, 0.05) is 16.5 Å². The SMILES string of the molecule is CC(C)(C)OC(=O)C1(C(F)F)Cc2ccc(Br)cc2C1=O. The Morgan fingerprint density at radius 1 is 1.38 bits per heavy atom. The van der Waals surface area contributed by atoms with Crippen LogP contribution in [0.15, 0.2) is 22.7 Å². The quantitative estimate of drug-likeness (QED) is 0.595. The lowest BCUT2D eigenvalue weighted by Crippen LogP contribution is -2.47. The van der Waals surface area contributed by atoms with Crippen molar-refractivity contribution in [2.45, 2.75) is 39.2 Å². The number of hydrogen-bond donors (Lipinski definition) is 0. The van der Waals surface area contributed by atoms with Crippen LogP contribution < -0.4 is 0 Å². The average Bonchev–Trinajstić information content (AvgIpc) is 2.62. The van der Waals surface area contributed by atoms with Gasteiger partial charge in [-0.05, 0) is 38.5 Å². The van der Waals surface area contributed by atoms with Crippen molar-refractivity contribution in [3.05, 3.63) is 33.8 Å². The number of fused-ring (bicyclic) bond motifs is 1. The number of benzene rings is 1. The highest BCUT2D eigenvalue weighted by Crippen LogP contribution is 2.44. The molecule has 0 radical (unpaired) electrons. The fraction of sp³-hybridized carbons (Fsp3) is 0.467. The van der Waals surface area contributed by atoms with E-state index in [1.165, 1.54) is 6.07 Å². The molecular formula is C15H15BrF2O3. The lowest BCUT2D eigenvalue weighted by Gasteiger charge is -2.29. The Hall–Kier alpha value is -1.30. The number of carbonyl (C=O) groups is 2. The lowest BCUT2D eigenvalue weighted by atomic mass is 9.84. The van der Waals surface area contributed by atoms with E-state index in [0.717, 1.165) is 0 Å². The van der Waals surface area contributed by atoms with Gasteiger partial charge in [-0.15, -0.1) is 0 Å². The van der Waals surface area contributed by atoms with E-state index in [1.54, 1.807) is 32.9 Å². The molecule has 0 spiro atoms. The molecule has 0 saturated heterocycles. The average molecular weight is 361 g/mol. The van der Waals surface area contributed by atoms with E-state index in [-0.39, 0.29) is 12.0 Å². The maximum Gasteiger partial charge on any atom is 0.326 e. The lowest BCUT2D eigenvalue weighted by molar-refractivity contribution is -0.171. The normalized spacial score (nSPS) is 21.6. The van der Waals surface area contributed by atoms with Crippen molar-refractivity contribution in [2.75, 3.05) is 0 Å². The van der Waals surface area contributed by atoms with E-state index in [4.69, 9.17) is 4.74 Å². The standard InChI is InChI=1S/C15H15BrF2O3/c1-14(2,3)21-13(20)15(12(17)18)7-8-4-5-9(16)6-10(8)11(15)19/h4-6,12H,7H2,1-3H3. The molecule has 0 aromatic heterocycles. The van der Waals surface area contributed by atoms with Crippen molar-refractivity contribution in [3.8, 4) is 0 Å². The Balaban J connectivity index is 2.48. The number of Topliss-reactive ketones (excluding diaryl/α,β-unsaturated/α-hetero) is 1. The summed E-state index contributed by atoms with van der Waals surface area (Å²) in [6, 6.07) is 4.70. The molecule has 1 atom stereocenters. The number of ether oxygens (including phenoxy) is 1. The summed E-state index contributed by atoms with van der Waals surface area (Å²) in [6.45, 7) is 4.73. The first-order valence-electron chi connectivity index (χ1n) is 6.43. The summed E-state index contributed by atoms with van der Waals surface area (Å²) in [6.07, 6.45) is -3.45. The van der Waals surface area contributed by atoms with Crippen molar-refractivity contribution in [1.82, 2.24) is 0 Å². The van der Waals surface area contributed by atoms with Crippen LogP contribution in [0, 0.1) is 5.41 Å². The van der Waals surface area contributed by atoms with E-state index in [2.05, 4.69) is 15.9 Å². The summed E-state index contributed by atoms with van der Waals surface area (Å²) in [5.41, 5.74) is -2.78. The van der Waals surface area contributed by atoms with Gasteiger partial charge in [0.1, 0.15) is 5.60 Å². The Bertz CT molecular complexity index is 607. The predicted molar refractivity (Wildman–Crippen MR) is 76.5 cm³/mol. The number of esters is 1. The summed E-state index contributed by atoms with van der Waals surface area (Å²) in [4.78, 5) is 24.7. The van der Waals surface area contributed by atoms with Crippen LogP contribution in [0.2, 0.25) is 0 Å². The topological polar surface area (TPSA) is 43.4 Å². The molecule has 0 bridgehead atoms. The Morgan fingerprint density at radius 2 is 2.00 bits per heavy atom. The van der Waals surface area contributed by atoms with Gasteiger partial charge in [-0.1, -0.05) is 22.0 Å². The second-order valence-corrected chi connectivity index (χ2v) is 7.00.